The number of aromatic nitrogens is 3. The highest BCUT2D eigenvalue weighted by Crippen LogP contribution is 2.29. The van der Waals surface area contributed by atoms with Gasteiger partial charge >= 0.3 is 0 Å². The molecule has 4 aromatic rings. The Bertz CT molecular complexity index is 1310. The number of fused-ring (bicyclic) bond motifs is 1. The molecule has 7 nitrogen and oxygen atoms in total. The first-order valence-electron chi connectivity index (χ1n) is 9.21. The number of sulfonamides is 1. The van der Waals surface area contributed by atoms with Crippen molar-refractivity contribution in [1.82, 2.24) is 14.5 Å². The van der Waals surface area contributed by atoms with Gasteiger partial charge in [0, 0.05) is 22.9 Å². The van der Waals surface area contributed by atoms with Crippen molar-refractivity contribution in [2.75, 3.05) is 0 Å². The molecule has 0 atom stereocenters. The highest BCUT2D eigenvalue weighted by Gasteiger charge is 2.16. The number of aryl methyl sites for hydroxylation is 1. The van der Waals surface area contributed by atoms with Crippen molar-refractivity contribution < 1.29 is 12.8 Å². The van der Waals surface area contributed by atoms with Gasteiger partial charge in [-0.2, -0.15) is 0 Å². The average Bonchev–Trinajstić information content (AvgIpc) is 3.30. The molecule has 10 heteroatoms. The topological polar surface area (TPSA) is 104 Å². The van der Waals surface area contributed by atoms with Crippen LogP contribution in [-0.4, -0.2) is 23.0 Å². The summed E-state index contributed by atoms with van der Waals surface area (Å²) >= 11 is 7.55. The smallest absolute Gasteiger partial charge is 0.238 e. The molecule has 0 aliphatic carbocycles. The zero-order valence-corrected chi connectivity index (χ0v) is 18.5. The van der Waals surface area contributed by atoms with E-state index in [4.69, 9.17) is 21.2 Å². The molecule has 4 rings (SSSR count). The number of nitrogens with zero attached hydrogens (tertiary/aromatic N) is 3. The number of hydrogen-bond acceptors (Lipinski definition) is 6. The number of halogens is 1. The summed E-state index contributed by atoms with van der Waals surface area (Å²) in [6, 6.07) is 12.1. The average molecular weight is 463 g/mol. The van der Waals surface area contributed by atoms with Crippen LogP contribution in [0.15, 0.2) is 63.2 Å². The second-order valence-electron chi connectivity index (χ2n) is 6.68. The van der Waals surface area contributed by atoms with Crippen molar-refractivity contribution in [1.29, 1.82) is 0 Å². The van der Waals surface area contributed by atoms with Crippen molar-refractivity contribution in [3.05, 3.63) is 59.4 Å². The number of thioether (sulfide) groups is 1. The van der Waals surface area contributed by atoms with Crippen molar-refractivity contribution in [2.24, 2.45) is 5.14 Å². The summed E-state index contributed by atoms with van der Waals surface area (Å²) in [7, 11) is -3.78. The molecule has 2 N–H and O–H groups in total. The lowest BCUT2D eigenvalue weighted by molar-refractivity contribution is 0.573. The molecule has 0 bridgehead atoms. The van der Waals surface area contributed by atoms with Gasteiger partial charge in [0.15, 0.2) is 5.16 Å². The van der Waals surface area contributed by atoms with Crippen molar-refractivity contribution >= 4 is 44.4 Å². The quantitative estimate of drug-likeness (QED) is 0.399. The maximum absolute atomic E-state index is 11.7. The standard InChI is InChI=1S/C20H19ClN4O3S2/c1-2-8-25-18-7-6-16(30(22,26)27)10-17(18)24-20(25)29-12-15-11-28-19(23-15)13-4-3-5-14(21)9-13/h3-7,9-11H,2,8,12H2,1H3,(H2,22,26,27). The van der Waals surface area contributed by atoms with Gasteiger partial charge in [0.1, 0.15) is 6.26 Å². The molecule has 0 aliphatic rings. The molecule has 0 radical (unpaired) electrons. The molecule has 0 spiro atoms. The second-order valence-corrected chi connectivity index (χ2v) is 9.62. The van der Waals surface area contributed by atoms with Crippen molar-refractivity contribution in [3.63, 3.8) is 0 Å². The first-order chi connectivity index (χ1) is 14.3. The van der Waals surface area contributed by atoms with Gasteiger partial charge in [0.05, 0.1) is 21.6 Å². The lowest BCUT2D eigenvalue weighted by Gasteiger charge is -2.06. The van der Waals surface area contributed by atoms with Gasteiger partial charge in [0.25, 0.3) is 0 Å². The molecule has 30 heavy (non-hydrogen) atoms. The van der Waals surface area contributed by atoms with Gasteiger partial charge in [-0.05, 0) is 42.8 Å². The van der Waals surface area contributed by atoms with Crippen LogP contribution in [0.1, 0.15) is 19.0 Å². The van der Waals surface area contributed by atoms with E-state index in [2.05, 4.69) is 21.5 Å². The third kappa shape index (κ3) is 4.39. The fourth-order valence-corrected chi connectivity index (χ4v) is 4.72. The van der Waals surface area contributed by atoms with E-state index in [1.165, 1.54) is 23.9 Å². The molecule has 0 saturated carbocycles. The zero-order chi connectivity index (χ0) is 21.3. The first-order valence-corrected chi connectivity index (χ1v) is 12.1. The van der Waals surface area contributed by atoms with Crippen molar-refractivity contribution in [2.45, 2.75) is 35.7 Å². The Balaban J connectivity index is 1.60. The summed E-state index contributed by atoms with van der Waals surface area (Å²) in [5.41, 5.74) is 3.05. The van der Waals surface area contributed by atoms with Gasteiger partial charge in [-0.25, -0.2) is 23.5 Å². The van der Waals surface area contributed by atoms with E-state index in [0.29, 0.717) is 22.2 Å². The van der Waals surface area contributed by atoms with E-state index in [-0.39, 0.29) is 4.90 Å². The van der Waals surface area contributed by atoms with E-state index in [1.807, 2.05) is 12.1 Å². The Morgan fingerprint density at radius 3 is 2.77 bits per heavy atom. The van der Waals surface area contributed by atoms with Crippen LogP contribution in [0.25, 0.3) is 22.5 Å². The number of primary sulfonamides is 1. The number of hydrogen-bond donors (Lipinski definition) is 1. The molecular formula is C20H19ClN4O3S2. The Hall–Kier alpha value is -2.33. The highest BCUT2D eigenvalue weighted by molar-refractivity contribution is 7.98. The molecule has 0 fully saturated rings. The summed E-state index contributed by atoms with van der Waals surface area (Å²) in [6.07, 6.45) is 2.54. The first kappa shape index (κ1) is 20.9. The van der Waals surface area contributed by atoms with Crippen LogP contribution in [0, 0.1) is 0 Å². The summed E-state index contributed by atoms with van der Waals surface area (Å²) < 4.78 is 31.0. The maximum atomic E-state index is 11.7. The van der Waals surface area contributed by atoms with Gasteiger partial charge in [-0.3, -0.25) is 0 Å². The largest absolute Gasteiger partial charge is 0.444 e. The van der Waals surface area contributed by atoms with Crippen LogP contribution >= 0.6 is 23.4 Å². The summed E-state index contributed by atoms with van der Waals surface area (Å²) in [5.74, 6) is 1.06. The van der Waals surface area contributed by atoms with Gasteiger partial charge in [-0.1, -0.05) is 36.4 Å². The number of benzene rings is 2. The maximum Gasteiger partial charge on any atom is 0.238 e. The zero-order valence-electron chi connectivity index (χ0n) is 16.1. The molecule has 0 unspecified atom stereocenters. The molecule has 156 valence electrons. The molecule has 0 aliphatic heterocycles. The monoisotopic (exact) mass is 462 g/mol. The van der Waals surface area contributed by atoms with E-state index in [0.717, 1.165) is 34.9 Å². The molecular weight excluding hydrogens is 444 g/mol. The number of rotatable bonds is 7. The lowest BCUT2D eigenvalue weighted by Crippen LogP contribution is -2.11. The fraction of sp³-hybridized carbons (Fsp3) is 0.200. The highest BCUT2D eigenvalue weighted by atomic mass is 35.5. The Labute approximate surface area is 183 Å². The number of nitrogens with two attached hydrogens (primary N) is 1. The Kier molecular flexibility index (Phi) is 5.88. The van der Waals surface area contributed by atoms with Crippen molar-refractivity contribution in [3.8, 4) is 11.5 Å². The van der Waals surface area contributed by atoms with E-state index in [9.17, 15) is 8.42 Å². The van der Waals surface area contributed by atoms with E-state index < -0.39 is 10.0 Å². The summed E-state index contributed by atoms with van der Waals surface area (Å²) in [6.45, 7) is 2.84. The molecule has 2 aromatic carbocycles. The van der Waals surface area contributed by atoms with E-state index >= 15 is 0 Å². The minimum atomic E-state index is -3.78. The van der Waals surface area contributed by atoms with Crippen LogP contribution < -0.4 is 5.14 Å². The molecule has 0 amide bonds. The predicted molar refractivity (Wildman–Crippen MR) is 118 cm³/mol. The minimum absolute atomic E-state index is 0.0513. The van der Waals surface area contributed by atoms with Crippen LogP contribution in [0.4, 0.5) is 0 Å². The molecule has 0 saturated heterocycles. The summed E-state index contributed by atoms with van der Waals surface area (Å²) in [5, 5.41) is 6.65. The number of oxazole rings is 1. The van der Waals surface area contributed by atoms with Crippen LogP contribution in [0.3, 0.4) is 0 Å². The summed E-state index contributed by atoms with van der Waals surface area (Å²) in [4.78, 5) is 9.21. The minimum Gasteiger partial charge on any atom is -0.444 e. The normalized spacial score (nSPS) is 12.0. The third-order valence-corrected chi connectivity index (χ3v) is 6.59. The lowest BCUT2D eigenvalue weighted by atomic mass is 10.2. The fourth-order valence-electron chi connectivity index (χ4n) is 3.08. The van der Waals surface area contributed by atoms with E-state index in [1.54, 1.807) is 24.5 Å². The van der Waals surface area contributed by atoms with Gasteiger partial charge in [-0.15, -0.1) is 0 Å². The third-order valence-electron chi connectivity index (χ3n) is 4.43. The second kappa shape index (κ2) is 8.43. The SMILES string of the molecule is CCCn1c(SCc2coc(-c3cccc(Cl)c3)n2)nc2cc(S(N)(=O)=O)ccc21. The van der Waals surface area contributed by atoms with Crippen LogP contribution in [-0.2, 0) is 22.3 Å². The van der Waals surface area contributed by atoms with Gasteiger partial charge in [0.2, 0.25) is 15.9 Å². The Morgan fingerprint density at radius 1 is 1.20 bits per heavy atom. The number of imidazole rings is 1. The Morgan fingerprint density at radius 2 is 2.03 bits per heavy atom. The molecule has 2 aromatic heterocycles. The molecule has 2 heterocycles. The predicted octanol–water partition coefficient (Wildman–Crippen LogP) is 4.69. The van der Waals surface area contributed by atoms with Gasteiger partial charge < -0.3 is 8.98 Å². The van der Waals surface area contributed by atoms with Crippen LogP contribution in [0.5, 0.6) is 0 Å². The van der Waals surface area contributed by atoms with Crippen LogP contribution in [0.2, 0.25) is 5.02 Å².